The SMILES string of the molecule is O=C(O)c1ccccc1CC1CCN(C(=O)c2ccncc2Cl)CC1. The van der Waals surface area contributed by atoms with Crippen LogP contribution in [0.4, 0.5) is 0 Å². The van der Waals surface area contributed by atoms with Gasteiger partial charge in [0.05, 0.1) is 16.1 Å². The summed E-state index contributed by atoms with van der Waals surface area (Å²) in [7, 11) is 0. The Hall–Kier alpha value is -2.40. The van der Waals surface area contributed by atoms with E-state index >= 15 is 0 Å². The van der Waals surface area contributed by atoms with Crippen molar-refractivity contribution in [2.24, 2.45) is 5.92 Å². The van der Waals surface area contributed by atoms with Crippen molar-refractivity contribution in [1.82, 2.24) is 9.88 Å². The molecule has 0 bridgehead atoms. The smallest absolute Gasteiger partial charge is 0.335 e. The molecule has 0 unspecified atom stereocenters. The van der Waals surface area contributed by atoms with Crippen LogP contribution in [-0.4, -0.2) is 40.0 Å². The van der Waals surface area contributed by atoms with Crippen LogP contribution in [0.1, 0.15) is 39.1 Å². The zero-order valence-electron chi connectivity index (χ0n) is 13.7. The number of hydrogen-bond acceptors (Lipinski definition) is 3. The fourth-order valence-electron chi connectivity index (χ4n) is 3.28. The Bertz CT molecular complexity index is 786. The Labute approximate surface area is 151 Å². The molecule has 2 aromatic rings. The topological polar surface area (TPSA) is 70.5 Å². The standard InChI is InChI=1S/C19H19ClN2O3/c20-17-12-21-8-5-16(17)18(23)22-9-6-13(7-10-22)11-14-3-1-2-4-15(14)19(24)25/h1-5,8,12-13H,6-7,9-11H2,(H,24,25). The third-order valence-corrected chi connectivity index (χ3v) is 4.96. The number of carboxylic acids is 1. The lowest BCUT2D eigenvalue weighted by atomic mass is 9.88. The van der Waals surface area contributed by atoms with Crippen LogP contribution in [0.5, 0.6) is 0 Å². The summed E-state index contributed by atoms with van der Waals surface area (Å²) >= 11 is 6.06. The molecular weight excluding hydrogens is 340 g/mol. The first-order valence-electron chi connectivity index (χ1n) is 8.26. The predicted octanol–water partition coefficient (Wildman–Crippen LogP) is 3.53. The second kappa shape index (κ2) is 7.66. The van der Waals surface area contributed by atoms with Gasteiger partial charge in [-0.3, -0.25) is 9.78 Å². The normalized spacial score (nSPS) is 15.2. The van der Waals surface area contributed by atoms with Crippen molar-refractivity contribution >= 4 is 23.5 Å². The highest BCUT2D eigenvalue weighted by molar-refractivity contribution is 6.33. The van der Waals surface area contributed by atoms with Crippen LogP contribution >= 0.6 is 11.6 Å². The lowest BCUT2D eigenvalue weighted by molar-refractivity contribution is 0.0690. The summed E-state index contributed by atoms with van der Waals surface area (Å²) < 4.78 is 0. The highest BCUT2D eigenvalue weighted by Crippen LogP contribution is 2.25. The minimum atomic E-state index is -0.893. The van der Waals surface area contributed by atoms with Crippen LogP contribution in [-0.2, 0) is 6.42 Å². The van der Waals surface area contributed by atoms with Crippen molar-refractivity contribution in [1.29, 1.82) is 0 Å². The van der Waals surface area contributed by atoms with E-state index in [-0.39, 0.29) is 5.91 Å². The Kier molecular flexibility index (Phi) is 5.34. The molecule has 1 fully saturated rings. The van der Waals surface area contributed by atoms with Crippen LogP contribution in [0.3, 0.4) is 0 Å². The minimum absolute atomic E-state index is 0.0724. The molecule has 0 saturated carbocycles. The summed E-state index contributed by atoms with van der Waals surface area (Å²) in [4.78, 5) is 29.6. The molecule has 1 aromatic carbocycles. The number of hydrogen-bond donors (Lipinski definition) is 1. The molecule has 6 heteroatoms. The van der Waals surface area contributed by atoms with Crippen LogP contribution in [0.15, 0.2) is 42.7 Å². The van der Waals surface area contributed by atoms with E-state index in [1.807, 2.05) is 12.1 Å². The molecule has 1 aromatic heterocycles. The van der Waals surface area contributed by atoms with Crippen LogP contribution in [0, 0.1) is 5.92 Å². The third-order valence-electron chi connectivity index (χ3n) is 4.66. The Balaban J connectivity index is 1.62. The van der Waals surface area contributed by atoms with Gasteiger partial charge in [-0.05, 0) is 42.9 Å². The zero-order valence-corrected chi connectivity index (χ0v) is 14.4. The average molecular weight is 359 g/mol. The first-order valence-corrected chi connectivity index (χ1v) is 8.64. The molecule has 1 aliphatic heterocycles. The Morgan fingerprint density at radius 1 is 1.16 bits per heavy atom. The summed E-state index contributed by atoms with van der Waals surface area (Å²) in [6, 6.07) is 8.76. The predicted molar refractivity (Wildman–Crippen MR) is 95.0 cm³/mol. The van der Waals surface area contributed by atoms with E-state index in [9.17, 15) is 14.7 Å². The van der Waals surface area contributed by atoms with Gasteiger partial charge in [0, 0.05) is 25.5 Å². The molecule has 1 amide bonds. The maximum absolute atomic E-state index is 12.6. The number of likely N-dealkylation sites (tertiary alicyclic amines) is 1. The average Bonchev–Trinajstić information content (AvgIpc) is 2.62. The van der Waals surface area contributed by atoms with E-state index in [4.69, 9.17) is 11.6 Å². The van der Waals surface area contributed by atoms with Crippen LogP contribution in [0.2, 0.25) is 5.02 Å². The summed E-state index contributed by atoms with van der Waals surface area (Å²) in [5.74, 6) is -0.593. The number of carboxylic acid groups (broad SMARTS) is 1. The number of benzene rings is 1. The molecule has 130 valence electrons. The minimum Gasteiger partial charge on any atom is -0.478 e. The lowest BCUT2D eigenvalue weighted by Gasteiger charge is -2.32. The van der Waals surface area contributed by atoms with E-state index < -0.39 is 5.97 Å². The van der Waals surface area contributed by atoms with E-state index in [1.165, 1.54) is 6.20 Å². The first kappa shape index (κ1) is 17.4. The van der Waals surface area contributed by atoms with Crippen LogP contribution < -0.4 is 0 Å². The molecule has 1 N–H and O–H groups in total. The fraction of sp³-hybridized carbons (Fsp3) is 0.316. The number of carbonyl (C=O) groups excluding carboxylic acids is 1. The van der Waals surface area contributed by atoms with Crippen molar-refractivity contribution in [2.75, 3.05) is 13.1 Å². The van der Waals surface area contributed by atoms with E-state index in [1.54, 1.807) is 29.3 Å². The van der Waals surface area contributed by atoms with Gasteiger partial charge in [-0.1, -0.05) is 29.8 Å². The van der Waals surface area contributed by atoms with Gasteiger partial charge in [-0.2, -0.15) is 0 Å². The summed E-state index contributed by atoms with van der Waals surface area (Å²) in [5, 5.41) is 9.66. The molecule has 0 spiro atoms. The van der Waals surface area contributed by atoms with Gasteiger partial charge in [0.15, 0.2) is 0 Å². The molecule has 1 saturated heterocycles. The number of carbonyl (C=O) groups is 2. The second-order valence-corrected chi connectivity index (χ2v) is 6.66. The zero-order chi connectivity index (χ0) is 17.8. The van der Waals surface area contributed by atoms with Gasteiger partial charge < -0.3 is 10.0 Å². The van der Waals surface area contributed by atoms with E-state index in [0.29, 0.717) is 35.2 Å². The molecule has 0 atom stereocenters. The van der Waals surface area contributed by atoms with Gasteiger partial charge in [0.2, 0.25) is 0 Å². The fourth-order valence-corrected chi connectivity index (χ4v) is 3.48. The third kappa shape index (κ3) is 3.99. The molecule has 5 nitrogen and oxygen atoms in total. The number of rotatable bonds is 4. The van der Waals surface area contributed by atoms with Gasteiger partial charge >= 0.3 is 5.97 Å². The maximum Gasteiger partial charge on any atom is 0.335 e. The highest BCUT2D eigenvalue weighted by atomic mass is 35.5. The molecule has 1 aliphatic rings. The molecule has 0 aliphatic carbocycles. The van der Waals surface area contributed by atoms with E-state index in [0.717, 1.165) is 24.8 Å². The number of piperidine rings is 1. The summed E-state index contributed by atoms with van der Waals surface area (Å²) in [5.41, 5.74) is 1.70. The molecule has 3 rings (SSSR count). The molecule has 25 heavy (non-hydrogen) atoms. The number of halogens is 1. The number of pyridine rings is 1. The Morgan fingerprint density at radius 3 is 2.56 bits per heavy atom. The van der Waals surface area contributed by atoms with Crippen molar-refractivity contribution < 1.29 is 14.7 Å². The monoisotopic (exact) mass is 358 g/mol. The first-order chi connectivity index (χ1) is 12.1. The lowest BCUT2D eigenvalue weighted by Crippen LogP contribution is -2.39. The quantitative estimate of drug-likeness (QED) is 0.907. The van der Waals surface area contributed by atoms with Crippen molar-refractivity contribution in [2.45, 2.75) is 19.3 Å². The molecule has 2 heterocycles. The van der Waals surface area contributed by atoms with Crippen LogP contribution in [0.25, 0.3) is 0 Å². The Morgan fingerprint density at radius 2 is 1.88 bits per heavy atom. The van der Waals surface area contributed by atoms with Gasteiger partial charge in [-0.15, -0.1) is 0 Å². The number of aromatic carboxylic acids is 1. The van der Waals surface area contributed by atoms with Gasteiger partial charge in [0.1, 0.15) is 0 Å². The van der Waals surface area contributed by atoms with Crippen molar-refractivity contribution in [3.05, 3.63) is 64.4 Å². The second-order valence-electron chi connectivity index (χ2n) is 6.26. The number of nitrogens with zero attached hydrogens (tertiary/aromatic N) is 2. The van der Waals surface area contributed by atoms with Crippen molar-refractivity contribution in [3.8, 4) is 0 Å². The molecular formula is C19H19ClN2O3. The summed E-state index contributed by atoms with van der Waals surface area (Å²) in [6.07, 6.45) is 5.46. The van der Waals surface area contributed by atoms with Gasteiger partial charge in [-0.25, -0.2) is 4.79 Å². The molecule has 0 radical (unpaired) electrons. The number of aromatic nitrogens is 1. The highest BCUT2D eigenvalue weighted by Gasteiger charge is 2.25. The maximum atomic E-state index is 12.6. The largest absolute Gasteiger partial charge is 0.478 e. The summed E-state index contributed by atoms with van der Waals surface area (Å²) in [6.45, 7) is 1.30. The van der Waals surface area contributed by atoms with E-state index in [2.05, 4.69) is 4.98 Å². The number of amides is 1. The van der Waals surface area contributed by atoms with Crippen molar-refractivity contribution in [3.63, 3.8) is 0 Å². The van der Waals surface area contributed by atoms with Gasteiger partial charge in [0.25, 0.3) is 5.91 Å².